The van der Waals surface area contributed by atoms with Crippen molar-refractivity contribution in [1.29, 1.82) is 0 Å². The zero-order valence-corrected chi connectivity index (χ0v) is 21.6. The zero-order chi connectivity index (χ0) is 26.1. The SMILES string of the molecule is Cc1ccc(C=NNC(=O)c2c(C)csc2NC(=O)c2cccc(CN(CCO)CCO)c2)cc1C. The molecule has 0 aliphatic rings. The van der Waals surface area contributed by atoms with Crippen molar-refractivity contribution in [2.75, 3.05) is 31.6 Å². The zero-order valence-electron chi connectivity index (χ0n) is 20.7. The fourth-order valence-electron chi connectivity index (χ4n) is 3.68. The molecule has 3 aromatic rings. The van der Waals surface area contributed by atoms with E-state index in [0.717, 1.165) is 22.3 Å². The van der Waals surface area contributed by atoms with Crippen molar-refractivity contribution >= 4 is 34.4 Å². The highest BCUT2D eigenvalue weighted by molar-refractivity contribution is 7.15. The van der Waals surface area contributed by atoms with E-state index in [1.807, 2.05) is 55.3 Å². The van der Waals surface area contributed by atoms with Gasteiger partial charge in [-0.1, -0.05) is 30.3 Å². The third-order valence-electron chi connectivity index (χ3n) is 5.77. The van der Waals surface area contributed by atoms with Crippen LogP contribution in [0.15, 0.2) is 52.9 Å². The lowest BCUT2D eigenvalue weighted by Crippen LogP contribution is -2.29. The molecule has 0 radical (unpaired) electrons. The number of aliphatic hydroxyl groups is 2. The van der Waals surface area contributed by atoms with Gasteiger partial charge in [-0.3, -0.25) is 14.5 Å². The van der Waals surface area contributed by atoms with Crippen LogP contribution in [0.1, 0.15) is 48.5 Å². The van der Waals surface area contributed by atoms with E-state index in [1.165, 1.54) is 16.9 Å². The van der Waals surface area contributed by atoms with Gasteiger partial charge in [0.25, 0.3) is 11.8 Å². The summed E-state index contributed by atoms with van der Waals surface area (Å²) in [6, 6.07) is 13.1. The summed E-state index contributed by atoms with van der Waals surface area (Å²) in [7, 11) is 0. The summed E-state index contributed by atoms with van der Waals surface area (Å²) in [4.78, 5) is 27.7. The van der Waals surface area contributed by atoms with Gasteiger partial charge < -0.3 is 15.5 Å². The van der Waals surface area contributed by atoms with E-state index in [1.54, 1.807) is 24.4 Å². The second kappa shape index (κ2) is 13.1. The van der Waals surface area contributed by atoms with Gasteiger partial charge in [-0.25, -0.2) is 5.43 Å². The number of carbonyl (C=O) groups is 2. The van der Waals surface area contributed by atoms with Gasteiger partial charge in [-0.2, -0.15) is 5.10 Å². The summed E-state index contributed by atoms with van der Waals surface area (Å²) in [5.41, 5.74) is 8.21. The summed E-state index contributed by atoms with van der Waals surface area (Å²) in [6.45, 7) is 7.18. The van der Waals surface area contributed by atoms with Gasteiger partial charge in [0.2, 0.25) is 0 Å². The number of thiophene rings is 1. The van der Waals surface area contributed by atoms with E-state index in [9.17, 15) is 19.8 Å². The summed E-state index contributed by atoms with van der Waals surface area (Å²) in [6.07, 6.45) is 1.59. The van der Waals surface area contributed by atoms with Crippen molar-refractivity contribution in [2.24, 2.45) is 5.10 Å². The van der Waals surface area contributed by atoms with Crippen molar-refractivity contribution in [3.05, 3.63) is 86.8 Å². The van der Waals surface area contributed by atoms with Crippen LogP contribution in [0.2, 0.25) is 0 Å². The second-order valence-corrected chi connectivity index (χ2v) is 9.42. The van der Waals surface area contributed by atoms with E-state index >= 15 is 0 Å². The van der Waals surface area contributed by atoms with Crippen LogP contribution in [-0.4, -0.2) is 59.4 Å². The molecule has 0 saturated carbocycles. The minimum absolute atomic E-state index is 0.0164. The lowest BCUT2D eigenvalue weighted by Gasteiger charge is -2.20. The fraction of sp³-hybridized carbons (Fsp3) is 0.296. The predicted octanol–water partition coefficient (Wildman–Crippen LogP) is 3.48. The van der Waals surface area contributed by atoms with Gasteiger partial charge in [-0.05, 0) is 66.1 Å². The molecule has 8 nitrogen and oxygen atoms in total. The Kier molecular flexibility index (Phi) is 9.89. The standard InChI is InChI=1S/C27H32N4O4S/c1-18-7-8-21(13-19(18)2)15-28-30-26(35)24-20(3)17-36-27(24)29-25(34)23-6-4-5-22(14-23)16-31(9-11-32)10-12-33/h4-8,13-15,17,32-33H,9-12,16H2,1-3H3,(H,29,34)(H,30,35). The summed E-state index contributed by atoms with van der Waals surface area (Å²) >= 11 is 1.28. The Morgan fingerprint density at radius 2 is 1.72 bits per heavy atom. The third-order valence-corrected chi connectivity index (χ3v) is 6.78. The van der Waals surface area contributed by atoms with Crippen molar-refractivity contribution in [1.82, 2.24) is 10.3 Å². The average Bonchev–Trinajstić information content (AvgIpc) is 3.21. The van der Waals surface area contributed by atoms with Crippen LogP contribution in [-0.2, 0) is 6.54 Å². The lowest BCUT2D eigenvalue weighted by molar-refractivity contribution is 0.0955. The van der Waals surface area contributed by atoms with E-state index in [0.29, 0.717) is 35.8 Å². The first-order chi connectivity index (χ1) is 17.3. The number of nitrogens with one attached hydrogen (secondary N) is 2. The molecular formula is C27H32N4O4S. The highest BCUT2D eigenvalue weighted by Gasteiger charge is 2.19. The van der Waals surface area contributed by atoms with Gasteiger partial charge in [-0.15, -0.1) is 11.3 Å². The molecule has 190 valence electrons. The van der Waals surface area contributed by atoms with Crippen molar-refractivity contribution in [3.8, 4) is 0 Å². The monoisotopic (exact) mass is 508 g/mol. The molecule has 2 aromatic carbocycles. The average molecular weight is 509 g/mol. The van der Waals surface area contributed by atoms with Crippen LogP contribution in [0.25, 0.3) is 0 Å². The molecule has 0 spiro atoms. The van der Waals surface area contributed by atoms with E-state index in [-0.39, 0.29) is 19.1 Å². The van der Waals surface area contributed by atoms with Gasteiger partial charge in [0.05, 0.1) is 25.0 Å². The summed E-state index contributed by atoms with van der Waals surface area (Å²) in [5, 5.41) is 27.7. The topological polar surface area (TPSA) is 114 Å². The number of hydrogen-bond acceptors (Lipinski definition) is 7. The molecule has 1 heterocycles. The molecular weight excluding hydrogens is 476 g/mol. The molecule has 9 heteroatoms. The molecule has 4 N–H and O–H groups in total. The molecule has 0 fully saturated rings. The number of anilines is 1. The number of carbonyl (C=O) groups excluding carboxylic acids is 2. The first kappa shape index (κ1) is 27.2. The quantitative estimate of drug-likeness (QED) is 0.234. The van der Waals surface area contributed by atoms with Crippen molar-refractivity contribution in [3.63, 3.8) is 0 Å². The van der Waals surface area contributed by atoms with E-state index < -0.39 is 5.91 Å². The molecule has 0 atom stereocenters. The Hall–Kier alpha value is -3.37. The van der Waals surface area contributed by atoms with Crippen LogP contribution in [0.4, 0.5) is 5.00 Å². The van der Waals surface area contributed by atoms with E-state index in [4.69, 9.17) is 0 Å². The number of rotatable bonds is 11. The van der Waals surface area contributed by atoms with Gasteiger partial charge in [0.1, 0.15) is 5.00 Å². The highest BCUT2D eigenvalue weighted by atomic mass is 32.1. The molecule has 3 rings (SSSR count). The Bertz CT molecular complexity index is 1230. The number of benzene rings is 2. The molecule has 0 bridgehead atoms. The molecule has 36 heavy (non-hydrogen) atoms. The van der Waals surface area contributed by atoms with Crippen LogP contribution < -0.4 is 10.7 Å². The number of amides is 2. The van der Waals surface area contributed by atoms with Crippen LogP contribution in [0.3, 0.4) is 0 Å². The number of hydrazone groups is 1. The van der Waals surface area contributed by atoms with Crippen LogP contribution in [0, 0.1) is 20.8 Å². The van der Waals surface area contributed by atoms with Gasteiger partial charge >= 0.3 is 0 Å². The molecule has 0 aliphatic heterocycles. The Balaban J connectivity index is 1.69. The third kappa shape index (κ3) is 7.32. The summed E-state index contributed by atoms with van der Waals surface area (Å²) in [5.74, 6) is -0.733. The Morgan fingerprint density at radius 3 is 2.42 bits per heavy atom. The number of aliphatic hydroxyl groups excluding tert-OH is 2. The molecule has 0 saturated heterocycles. The minimum atomic E-state index is -0.401. The van der Waals surface area contributed by atoms with E-state index in [2.05, 4.69) is 15.8 Å². The first-order valence-electron chi connectivity index (χ1n) is 11.7. The van der Waals surface area contributed by atoms with Crippen LogP contribution in [0.5, 0.6) is 0 Å². The van der Waals surface area contributed by atoms with Crippen molar-refractivity contribution < 1.29 is 19.8 Å². The fourth-order valence-corrected chi connectivity index (χ4v) is 4.62. The maximum Gasteiger partial charge on any atom is 0.274 e. The smallest absolute Gasteiger partial charge is 0.274 e. The largest absolute Gasteiger partial charge is 0.395 e. The molecule has 2 amide bonds. The maximum atomic E-state index is 13.0. The lowest BCUT2D eigenvalue weighted by atomic mass is 10.1. The number of nitrogens with zero attached hydrogens (tertiary/aromatic N) is 2. The highest BCUT2D eigenvalue weighted by Crippen LogP contribution is 2.28. The minimum Gasteiger partial charge on any atom is -0.395 e. The molecule has 1 aromatic heterocycles. The van der Waals surface area contributed by atoms with Gasteiger partial charge in [0.15, 0.2) is 0 Å². The first-order valence-corrected chi connectivity index (χ1v) is 12.5. The Morgan fingerprint density at radius 1 is 0.972 bits per heavy atom. The number of hydrogen-bond donors (Lipinski definition) is 4. The normalized spacial score (nSPS) is 11.3. The second-order valence-electron chi connectivity index (χ2n) is 8.54. The maximum absolute atomic E-state index is 13.0. The van der Waals surface area contributed by atoms with Crippen LogP contribution >= 0.6 is 11.3 Å². The predicted molar refractivity (Wildman–Crippen MR) is 144 cm³/mol. The summed E-state index contributed by atoms with van der Waals surface area (Å²) < 4.78 is 0. The van der Waals surface area contributed by atoms with Crippen molar-refractivity contribution in [2.45, 2.75) is 27.3 Å². The Labute approximate surface area is 215 Å². The molecule has 0 unspecified atom stereocenters. The number of aryl methyl sites for hydroxylation is 3. The van der Waals surface area contributed by atoms with Gasteiger partial charge in [0, 0.05) is 25.2 Å². The molecule has 0 aliphatic carbocycles.